The first-order valence-corrected chi connectivity index (χ1v) is 8.01. The molecular formula is C14H28N2S. The Morgan fingerprint density at radius 3 is 2.76 bits per heavy atom. The van der Waals surface area contributed by atoms with E-state index in [1.165, 1.54) is 37.9 Å². The Labute approximate surface area is 111 Å². The van der Waals surface area contributed by atoms with Crippen LogP contribution in [0, 0.1) is 5.92 Å². The van der Waals surface area contributed by atoms with Crippen LogP contribution in [0.15, 0.2) is 4.99 Å². The topological polar surface area (TPSA) is 24.4 Å². The zero-order valence-corrected chi connectivity index (χ0v) is 12.7. The van der Waals surface area contributed by atoms with Crippen LogP contribution in [0.1, 0.15) is 59.8 Å². The summed E-state index contributed by atoms with van der Waals surface area (Å²) in [7, 11) is 0. The average molecular weight is 256 g/mol. The van der Waals surface area contributed by atoms with E-state index in [1.807, 2.05) is 11.8 Å². The highest BCUT2D eigenvalue weighted by molar-refractivity contribution is 8.13. The molecule has 0 spiro atoms. The Hall–Kier alpha value is -0.180. The molecule has 2 nitrogen and oxygen atoms in total. The fraction of sp³-hybridized carbons (Fsp3) is 0.929. The van der Waals surface area contributed by atoms with Crippen molar-refractivity contribution < 1.29 is 0 Å². The second-order valence-electron chi connectivity index (χ2n) is 5.67. The molecule has 0 amide bonds. The summed E-state index contributed by atoms with van der Waals surface area (Å²) in [6.07, 6.45) is 6.45. The molecule has 1 rings (SSSR count). The summed E-state index contributed by atoms with van der Waals surface area (Å²) in [4.78, 5) is 4.77. The third-order valence-corrected chi connectivity index (χ3v) is 4.36. The van der Waals surface area contributed by atoms with Gasteiger partial charge in [-0.15, -0.1) is 0 Å². The molecule has 0 aliphatic carbocycles. The maximum Gasteiger partial charge on any atom is 0.156 e. The minimum Gasteiger partial charge on any atom is -0.360 e. The first-order valence-electron chi connectivity index (χ1n) is 7.03. The van der Waals surface area contributed by atoms with Gasteiger partial charge >= 0.3 is 0 Å². The van der Waals surface area contributed by atoms with E-state index in [1.54, 1.807) is 0 Å². The van der Waals surface area contributed by atoms with Crippen molar-refractivity contribution in [2.24, 2.45) is 10.9 Å². The van der Waals surface area contributed by atoms with E-state index < -0.39 is 0 Å². The Bertz CT molecular complexity index is 249. The van der Waals surface area contributed by atoms with Crippen LogP contribution in [-0.2, 0) is 0 Å². The van der Waals surface area contributed by atoms with E-state index in [0.717, 1.165) is 17.6 Å². The molecular weight excluding hydrogens is 228 g/mol. The smallest absolute Gasteiger partial charge is 0.156 e. The van der Waals surface area contributed by atoms with Crippen molar-refractivity contribution in [1.29, 1.82) is 0 Å². The quantitative estimate of drug-likeness (QED) is 0.775. The summed E-state index contributed by atoms with van der Waals surface area (Å²) in [6, 6.07) is 0. The molecule has 1 aliphatic rings. The molecule has 1 heterocycles. The number of rotatable bonds is 6. The molecule has 0 radical (unpaired) electrons. The highest BCUT2D eigenvalue weighted by Crippen LogP contribution is 2.22. The predicted octanol–water partition coefficient (Wildman–Crippen LogP) is 4.06. The molecule has 1 saturated heterocycles. The zero-order valence-electron chi connectivity index (χ0n) is 11.9. The molecule has 0 aromatic heterocycles. The van der Waals surface area contributed by atoms with E-state index in [4.69, 9.17) is 4.99 Å². The molecule has 1 N–H and O–H groups in total. The van der Waals surface area contributed by atoms with Gasteiger partial charge in [-0.05, 0) is 32.6 Å². The summed E-state index contributed by atoms with van der Waals surface area (Å²) in [5, 5.41) is 4.70. The van der Waals surface area contributed by atoms with Gasteiger partial charge in [-0.1, -0.05) is 44.9 Å². The first-order chi connectivity index (χ1) is 8.07. The van der Waals surface area contributed by atoms with E-state index in [9.17, 15) is 0 Å². The van der Waals surface area contributed by atoms with E-state index >= 15 is 0 Å². The fourth-order valence-corrected chi connectivity index (χ4v) is 3.33. The van der Waals surface area contributed by atoms with Crippen molar-refractivity contribution >= 4 is 16.9 Å². The third kappa shape index (κ3) is 5.80. The lowest BCUT2D eigenvalue weighted by atomic mass is 10.00. The van der Waals surface area contributed by atoms with Gasteiger partial charge in [-0.25, -0.2) is 0 Å². The normalized spacial score (nSPS) is 23.4. The number of nitrogens with zero attached hydrogens (tertiary/aromatic N) is 1. The lowest BCUT2D eigenvalue weighted by Crippen LogP contribution is -2.46. The van der Waals surface area contributed by atoms with Gasteiger partial charge in [0, 0.05) is 17.8 Å². The van der Waals surface area contributed by atoms with Gasteiger partial charge in [0.1, 0.15) is 0 Å². The number of aliphatic imine (C=N–C) groups is 1. The van der Waals surface area contributed by atoms with Crippen molar-refractivity contribution in [3.63, 3.8) is 0 Å². The summed E-state index contributed by atoms with van der Waals surface area (Å²) in [5.41, 5.74) is 0.231. The summed E-state index contributed by atoms with van der Waals surface area (Å²) < 4.78 is 0. The molecule has 1 fully saturated rings. The van der Waals surface area contributed by atoms with Crippen LogP contribution in [-0.4, -0.2) is 23.0 Å². The zero-order chi connectivity index (χ0) is 12.7. The van der Waals surface area contributed by atoms with E-state index in [2.05, 4.69) is 33.0 Å². The van der Waals surface area contributed by atoms with Crippen molar-refractivity contribution in [3.8, 4) is 0 Å². The van der Waals surface area contributed by atoms with Gasteiger partial charge in [-0.3, -0.25) is 4.99 Å². The second-order valence-corrected chi connectivity index (χ2v) is 6.75. The Kier molecular flexibility index (Phi) is 6.39. The van der Waals surface area contributed by atoms with Crippen molar-refractivity contribution in [3.05, 3.63) is 0 Å². The standard InChI is InChI=1S/C14H28N2S/c1-5-7-8-12(6-2)11-15-13-16-14(3,4)9-10-17-13/h12H,5-11H2,1-4H3,(H,15,16). The van der Waals surface area contributed by atoms with E-state index in [-0.39, 0.29) is 5.54 Å². The highest BCUT2D eigenvalue weighted by Gasteiger charge is 2.24. The van der Waals surface area contributed by atoms with Gasteiger partial charge in [0.2, 0.25) is 0 Å². The van der Waals surface area contributed by atoms with Gasteiger partial charge in [0.15, 0.2) is 5.17 Å². The number of unbranched alkanes of at least 4 members (excludes halogenated alkanes) is 1. The summed E-state index contributed by atoms with van der Waals surface area (Å²) in [5.74, 6) is 1.97. The molecule has 1 unspecified atom stereocenters. The largest absolute Gasteiger partial charge is 0.360 e. The maximum absolute atomic E-state index is 4.77. The third-order valence-electron chi connectivity index (χ3n) is 3.45. The minimum atomic E-state index is 0.231. The Morgan fingerprint density at radius 2 is 2.18 bits per heavy atom. The van der Waals surface area contributed by atoms with Crippen LogP contribution in [0.5, 0.6) is 0 Å². The van der Waals surface area contributed by atoms with Crippen LogP contribution >= 0.6 is 11.8 Å². The van der Waals surface area contributed by atoms with Gasteiger partial charge in [0.05, 0.1) is 0 Å². The molecule has 1 aliphatic heterocycles. The second kappa shape index (κ2) is 7.30. The monoisotopic (exact) mass is 256 g/mol. The maximum atomic E-state index is 4.77. The highest BCUT2D eigenvalue weighted by atomic mass is 32.2. The van der Waals surface area contributed by atoms with Crippen LogP contribution in [0.3, 0.4) is 0 Å². The van der Waals surface area contributed by atoms with Crippen LogP contribution in [0.25, 0.3) is 0 Å². The lowest BCUT2D eigenvalue weighted by molar-refractivity contribution is 0.439. The molecule has 0 aromatic carbocycles. The number of thioether (sulfide) groups is 1. The van der Waals surface area contributed by atoms with Crippen LogP contribution in [0.4, 0.5) is 0 Å². The molecule has 17 heavy (non-hydrogen) atoms. The Morgan fingerprint density at radius 1 is 1.41 bits per heavy atom. The van der Waals surface area contributed by atoms with Gasteiger partial charge in [0.25, 0.3) is 0 Å². The van der Waals surface area contributed by atoms with Crippen molar-refractivity contribution in [2.45, 2.75) is 65.3 Å². The van der Waals surface area contributed by atoms with Gasteiger partial charge in [-0.2, -0.15) is 0 Å². The van der Waals surface area contributed by atoms with Gasteiger partial charge < -0.3 is 5.32 Å². The van der Waals surface area contributed by atoms with Crippen LogP contribution in [0.2, 0.25) is 0 Å². The first kappa shape index (κ1) is 14.9. The predicted molar refractivity (Wildman–Crippen MR) is 79.9 cm³/mol. The average Bonchev–Trinajstić information content (AvgIpc) is 2.28. The molecule has 100 valence electrons. The van der Waals surface area contributed by atoms with Crippen molar-refractivity contribution in [2.75, 3.05) is 12.3 Å². The molecule has 3 heteroatoms. The lowest BCUT2D eigenvalue weighted by Gasteiger charge is -2.32. The molecule has 0 aromatic rings. The summed E-state index contributed by atoms with van der Waals surface area (Å²) in [6.45, 7) is 10.1. The van der Waals surface area contributed by atoms with Crippen LogP contribution < -0.4 is 5.32 Å². The molecule has 1 atom stereocenters. The Balaban J connectivity index is 2.40. The van der Waals surface area contributed by atoms with E-state index in [0.29, 0.717) is 0 Å². The fourth-order valence-electron chi connectivity index (χ4n) is 2.01. The number of hydrogen-bond acceptors (Lipinski definition) is 2. The number of hydrogen-bond donors (Lipinski definition) is 1. The molecule has 0 saturated carbocycles. The molecule has 0 bridgehead atoms. The van der Waals surface area contributed by atoms with Crippen molar-refractivity contribution in [1.82, 2.24) is 5.32 Å². The SMILES string of the molecule is CCCCC(CC)CN=C1NC(C)(C)CCS1. The minimum absolute atomic E-state index is 0.231. The number of nitrogens with one attached hydrogen (secondary N) is 1. The summed E-state index contributed by atoms with van der Waals surface area (Å²) >= 11 is 1.88. The number of amidine groups is 1.